The van der Waals surface area contributed by atoms with E-state index in [2.05, 4.69) is 41.7 Å². The first-order valence-electron chi connectivity index (χ1n) is 4.70. The minimum atomic E-state index is 0.650. The first kappa shape index (κ1) is 11.2. The minimum Gasteiger partial charge on any atom is -0.246 e. The molecule has 1 unspecified atom stereocenters. The average molecular weight is 262 g/mol. The molecule has 0 saturated heterocycles. The number of rotatable bonds is 4. The molecule has 3 heteroatoms. The molecule has 0 aromatic carbocycles. The van der Waals surface area contributed by atoms with Gasteiger partial charge in [0.1, 0.15) is 0 Å². The van der Waals surface area contributed by atoms with Crippen molar-refractivity contribution in [3.63, 3.8) is 0 Å². The zero-order valence-corrected chi connectivity index (χ0v) is 10.8. The van der Waals surface area contributed by atoms with Crippen molar-refractivity contribution in [3.05, 3.63) is 15.6 Å². The van der Waals surface area contributed by atoms with Crippen molar-refractivity contribution in [3.8, 4) is 0 Å². The average Bonchev–Trinajstić information content (AvgIpc) is 2.42. The lowest BCUT2D eigenvalue weighted by molar-refractivity contribution is 0.742. The van der Waals surface area contributed by atoms with Crippen LogP contribution in [0.1, 0.15) is 35.3 Å². The highest BCUT2D eigenvalue weighted by atomic mass is 79.9. The Labute approximate surface area is 92.7 Å². The highest BCUT2D eigenvalue weighted by Crippen LogP contribution is 2.20. The molecule has 1 aromatic heterocycles. The minimum absolute atomic E-state index is 0.650. The molecule has 0 fully saturated rings. The van der Waals surface area contributed by atoms with Gasteiger partial charge in [-0.2, -0.15) is 0 Å². The van der Waals surface area contributed by atoms with Gasteiger partial charge in [-0.3, -0.25) is 0 Å². The van der Waals surface area contributed by atoms with Crippen LogP contribution in [0.5, 0.6) is 0 Å². The molecule has 0 saturated carbocycles. The first-order valence-corrected chi connectivity index (χ1v) is 6.43. The monoisotopic (exact) mass is 261 g/mol. The van der Waals surface area contributed by atoms with E-state index in [-0.39, 0.29) is 0 Å². The normalized spacial score (nSPS) is 13.2. The molecule has 1 atom stereocenters. The van der Waals surface area contributed by atoms with Crippen molar-refractivity contribution < 1.29 is 0 Å². The quantitative estimate of drug-likeness (QED) is 0.751. The zero-order valence-electron chi connectivity index (χ0n) is 8.43. The maximum atomic E-state index is 4.51. The third-order valence-electron chi connectivity index (χ3n) is 2.19. The van der Waals surface area contributed by atoms with Crippen molar-refractivity contribution in [2.75, 3.05) is 0 Å². The number of thiazole rings is 1. The van der Waals surface area contributed by atoms with Crippen LogP contribution in [-0.2, 0) is 6.42 Å². The summed E-state index contributed by atoms with van der Waals surface area (Å²) in [6.07, 6.45) is 3.51. The van der Waals surface area contributed by atoms with Gasteiger partial charge in [0, 0.05) is 16.1 Å². The van der Waals surface area contributed by atoms with Crippen LogP contribution in [0.25, 0.3) is 0 Å². The predicted molar refractivity (Wildman–Crippen MR) is 62.9 cm³/mol. The van der Waals surface area contributed by atoms with Gasteiger partial charge in [-0.25, -0.2) is 4.98 Å². The molecule has 0 aliphatic carbocycles. The van der Waals surface area contributed by atoms with Gasteiger partial charge in [0.25, 0.3) is 0 Å². The summed E-state index contributed by atoms with van der Waals surface area (Å²) >= 11 is 5.47. The van der Waals surface area contributed by atoms with Crippen LogP contribution in [0, 0.1) is 13.8 Å². The van der Waals surface area contributed by atoms with E-state index < -0.39 is 0 Å². The maximum Gasteiger partial charge on any atom is 0.0931 e. The van der Waals surface area contributed by atoms with Gasteiger partial charge in [0.05, 0.1) is 10.7 Å². The van der Waals surface area contributed by atoms with Gasteiger partial charge in [-0.05, 0) is 26.7 Å². The van der Waals surface area contributed by atoms with Crippen LogP contribution in [0.4, 0.5) is 0 Å². The molecular formula is C10H16BrNS. The third kappa shape index (κ3) is 3.39. The van der Waals surface area contributed by atoms with Crippen molar-refractivity contribution in [1.29, 1.82) is 0 Å². The summed E-state index contributed by atoms with van der Waals surface area (Å²) in [7, 11) is 0. The second-order valence-corrected chi connectivity index (χ2v) is 5.88. The van der Waals surface area contributed by atoms with Gasteiger partial charge in [-0.1, -0.05) is 22.9 Å². The molecule has 13 heavy (non-hydrogen) atoms. The Bertz CT molecular complexity index is 250. The SMILES string of the molecule is CCC(Br)CCc1nc(C)c(C)s1. The highest BCUT2D eigenvalue weighted by Gasteiger charge is 2.06. The summed E-state index contributed by atoms with van der Waals surface area (Å²) in [6, 6.07) is 0. The Morgan fingerprint density at radius 1 is 1.46 bits per heavy atom. The molecule has 0 N–H and O–H groups in total. The first-order chi connectivity index (χ1) is 6.13. The highest BCUT2D eigenvalue weighted by molar-refractivity contribution is 9.09. The topological polar surface area (TPSA) is 12.9 Å². The van der Waals surface area contributed by atoms with Crippen LogP contribution >= 0.6 is 27.3 Å². The van der Waals surface area contributed by atoms with E-state index in [9.17, 15) is 0 Å². The number of aromatic nitrogens is 1. The zero-order chi connectivity index (χ0) is 9.84. The third-order valence-corrected chi connectivity index (χ3v) is 4.43. The van der Waals surface area contributed by atoms with E-state index in [0.717, 1.165) is 6.42 Å². The van der Waals surface area contributed by atoms with E-state index in [1.54, 1.807) is 0 Å². The molecule has 1 heterocycles. The van der Waals surface area contributed by atoms with Crippen molar-refractivity contribution in [2.45, 2.75) is 44.9 Å². The lowest BCUT2D eigenvalue weighted by Gasteiger charge is -2.03. The number of hydrogen-bond donors (Lipinski definition) is 0. The Hall–Kier alpha value is 0.110. The van der Waals surface area contributed by atoms with Crippen LogP contribution in [0.3, 0.4) is 0 Å². The molecular weight excluding hydrogens is 246 g/mol. The molecule has 1 aromatic rings. The molecule has 74 valence electrons. The van der Waals surface area contributed by atoms with E-state index in [1.165, 1.54) is 28.4 Å². The van der Waals surface area contributed by atoms with Crippen molar-refractivity contribution in [1.82, 2.24) is 4.98 Å². The van der Waals surface area contributed by atoms with E-state index >= 15 is 0 Å². The fraction of sp³-hybridized carbons (Fsp3) is 0.700. The van der Waals surface area contributed by atoms with Gasteiger partial charge in [-0.15, -0.1) is 11.3 Å². The van der Waals surface area contributed by atoms with Gasteiger partial charge in [0.15, 0.2) is 0 Å². The molecule has 0 amide bonds. The van der Waals surface area contributed by atoms with E-state index in [0.29, 0.717) is 4.83 Å². The number of hydrogen-bond acceptors (Lipinski definition) is 2. The summed E-state index contributed by atoms with van der Waals surface area (Å²) in [5, 5.41) is 1.29. The second kappa shape index (κ2) is 5.11. The van der Waals surface area contributed by atoms with Gasteiger partial charge in [0.2, 0.25) is 0 Å². The Morgan fingerprint density at radius 2 is 2.15 bits per heavy atom. The van der Waals surface area contributed by atoms with E-state index in [1.807, 2.05) is 11.3 Å². The molecule has 0 aliphatic rings. The molecule has 0 aliphatic heterocycles. The second-order valence-electron chi connectivity index (χ2n) is 3.29. The largest absolute Gasteiger partial charge is 0.246 e. The Kier molecular flexibility index (Phi) is 4.39. The van der Waals surface area contributed by atoms with Crippen LogP contribution in [0.2, 0.25) is 0 Å². The van der Waals surface area contributed by atoms with Gasteiger partial charge >= 0.3 is 0 Å². The Morgan fingerprint density at radius 3 is 2.62 bits per heavy atom. The molecule has 0 bridgehead atoms. The summed E-state index contributed by atoms with van der Waals surface area (Å²) < 4.78 is 0. The maximum absolute atomic E-state index is 4.51. The summed E-state index contributed by atoms with van der Waals surface area (Å²) in [5.41, 5.74) is 1.20. The van der Waals surface area contributed by atoms with Crippen LogP contribution in [-0.4, -0.2) is 9.81 Å². The molecule has 1 nitrogen and oxygen atoms in total. The van der Waals surface area contributed by atoms with E-state index in [4.69, 9.17) is 0 Å². The van der Waals surface area contributed by atoms with Crippen LogP contribution < -0.4 is 0 Å². The summed E-state index contributed by atoms with van der Waals surface area (Å²) in [6.45, 7) is 6.43. The smallest absolute Gasteiger partial charge is 0.0931 e. The lowest BCUT2D eigenvalue weighted by Crippen LogP contribution is -1.97. The van der Waals surface area contributed by atoms with Gasteiger partial charge < -0.3 is 0 Å². The van der Waals surface area contributed by atoms with Crippen molar-refractivity contribution >= 4 is 27.3 Å². The lowest BCUT2D eigenvalue weighted by atomic mass is 10.2. The molecule has 0 radical (unpaired) electrons. The number of aryl methyl sites for hydroxylation is 3. The summed E-state index contributed by atoms with van der Waals surface area (Å²) in [4.78, 5) is 6.52. The summed E-state index contributed by atoms with van der Waals surface area (Å²) in [5.74, 6) is 0. The molecule has 0 spiro atoms. The van der Waals surface area contributed by atoms with Crippen LogP contribution in [0.15, 0.2) is 0 Å². The standard InChI is InChI=1S/C10H16BrNS/c1-4-9(11)5-6-10-12-7(2)8(3)13-10/h9H,4-6H2,1-3H3. The fourth-order valence-electron chi connectivity index (χ4n) is 1.13. The number of alkyl halides is 1. The fourth-order valence-corrected chi connectivity index (χ4v) is 2.31. The Balaban J connectivity index is 2.45. The number of nitrogens with zero attached hydrogens (tertiary/aromatic N) is 1. The predicted octanol–water partition coefficient (Wildman–Crippen LogP) is 3.87. The molecule has 1 rings (SSSR count). The number of halogens is 1. The van der Waals surface area contributed by atoms with Crippen molar-refractivity contribution in [2.24, 2.45) is 0 Å².